The molecular weight excluding hydrogens is 198 g/mol. The van der Waals surface area contributed by atoms with Crippen molar-refractivity contribution in [3.63, 3.8) is 0 Å². The SMILES string of the molecule is NC1(CC2CCC2)CC1c1ccc(O)cc1. The summed E-state index contributed by atoms with van der Waals surface area (Å²) in [6.07, 6.45) is 6.46. The van der Waals surface area contributed by atoms with E-state index < -0.39 is 0 Å². The summed E-state index contributed by atoms with van der Waals surface area (Å²) in [5.74, 6) is 1.74. The topological polar surface area (TPSA) is 46.2 Å². The predicted molar refractivity (Wildman–Crippen MR) is 64.3 cm³/mol. The molecule has 0 spiro atoms. The van der Waals surface area contributed by atoms with Gasteiger partial charge in [-0.15, -0.1) is 0 Å². The molecule has 16 heavy (non-hydrogen) atoms. The fraction of sp³-hybridized carbons (Fsp3) is 0.571. The van der Waals surface area contributed by atoms with Gasteiger partial charge in [0, 0.05) is 11.5 Å². The third-order valence-electron chi connectivity index (χ3n) is 4.31. The first kappa shape index (κ1) is 10.2. The van der Waals surface area contributed by atoms with E-state index in [1.165, 1.54) is 31.2 Å². The Balaban J connectivity index is 1.67. The maximum absolute atomic E-state index is 9.25. The van der Waals surface area contributed by atoms with E-state index in [0.717, 1.165) is 12.3 Å². The maximum Gasteiger partial charge on any atom is 0.115 e. The van der Waals surface area contributed by atoms with E-state index in [-0.39, 0.29) is 5.54 Å². The number of hydrogen-bond acceptors (Lipinski definition) is 2. The zero-order chi connectivity index (χ0) is 11.2. The van der Waals surface area contributed by atoms with Gasteiger partial charge in [0.1, 0.15) is 5.75 Å². The van der Waals surface area contributed by atoms with Gasteiger partial charge < -0.3 is 10.8 Å². The first-order valence-corrected chi connectivity index (χ1v) is 6.25. The van der Waals surface area contributed by atoms with Gasteiger partial charge in [-0.3, -0.25) is 0 Å². The van der Waals surface area contributed by atoms with E-state index in [1.807, 2.05) is 12.1 Å². The molecule has 2 saturated carbocycles. The van der Waals surface area contributed by atoms with Crippen LogP contribution in [0.25, 0.3) is 0 Å². The summed E-state index contributed by atoms with van der Waals surface area (Å²) in [6, 6.07) is 7.54. The van der Waals surface area contributed by atoms with Gasteiger partial charge in [-0.25, -0.2) is 0 Å². The minimum atomic E-state index is 0.0576. The van der Waals surface area contributed by atoms with Crippen molar-refractivity contribution >= 4 is 0 Å². The Morgan fingerprint density at radius 1 is 1.25 bits per heavy atom. The molecule has 0 radical (unpaired) electrons. The molecule has 86 valence electrons. The van der Waals surface area contributed by atoms with E-state index in [9.17, 15) is 5.11 Å². The van der Waals surface area contributed by atoms with Crippen LogP contribution in [0.3, 0.4) is 0 Å². The van der Waals surface area contributed by atoms with Crippen molar-refractivity contribution < 1.29 is 5.11 Å². The highest BCUT2D eigenvalue weighted by atomic mass is 16.3. The second kappa shape index (κ2) is 3.49. The van der Waals surface area contributed by atoms with E-state index >= 15 is 0 Å². The van der Waals surface area contributed by atoms with Crippen LogP contribution in [-0.2, 0) is 0 Å². The Morgan fingerprint density at radius 2 is 1.94 bits per heavy atom. The zero-order valence-corrected chi connectivity index (χ0v) is 9.52. The molecule has 3 rings (SSSR count). The van der Waals surface area contributed by atoms with Crippen LogP contribution < -0.4 is 5.73 Å². The highest BCUT2D eigenvalue weighted by Gasteiger charge is 2.52. The van der Waals surface area contributed by atoms with Gasteiger partial charge in [0.15, 0.2) is 0 Å². The van der Waals surface area contributed by atoms with Gasteiger partial charge in [0.25, 0.3) is 0 Å². The second-order valence-corrected chi connectivity index (χ2v) is 5.58. The normalized spacial score (nSPS) is 33.4. The Hall–Kier alpha value is -1.02. The molecule has 1 aromatic rings. The van der Waals surface area contributed by atoms with Crippen LogP contribution in [0.2, 0.25) is 0 Å². The lowest BCUT2D eigenvalue weighted by Crippen LogP contribution is -2.30. The quantitative estimate of drug-likeness (QED) is 0.817. The lowest BCUT2D eigenvalue weighted by Gasteiger charge is -2.28. The molecule has 0 heterocycles. The summed E-state index contributed by atoms with van der Waals surface area (Å²) >= 11 is 0. The molecule has 2 atom stereocenters. The third kappa shape index (κ3) is 1.71. The Kier molecular flexibility index (Phi) is 2.21. The number of phenolic OH excluding ortho intramolecular Hbond substituents is 1. The molecule has 2 unspecified atom stereocenters. The average Bonchev–Trinajstić information content (AvgIpc) is 2.87. The molecule has 2 aliphatic carbocycles. The first-order valence-electron chi connectivity index (χ1n) is 6.25. The predicted octanol–water partition coefficient (Wildman–Crippen LogP) is 2.77. The number of hydrogen-bond donors (Lipinski definition) is 2. The Bertz CT molecular complexity index is 382. The van der Waals surface area contributed by atoms with E-state index in [1.54, 1.807) is 12.1 Å². The molecule has 0 saturated heterocycles. The maximum atomic E-state index is 9.25. The fourth-order valence-electron chi connectivity index (χ4n) is 2.94. The number of phenols is 1. The van der Waals surface area contributed by atoms with E-state index in [0.29, 0.717) is 11.7 Å². The molecule has 0 amide bonds. The minimum Gasteiger partial charge on any atom is -0.508 e. The molecule has 2 aliphatic rings. The van der Waals surface area contributed by atoms with Crippen molar-refractivity contribution in [2.75, 3.05) is 0 Å². The van der Waals surface area contributed by atoms with Crippen molar-refractivity contribution in [3.05, 3.63) is 29.8 Å². The van der Waals surface area contributed by atoms with Gasteiger partial charge in [-0.2, -0.15) is 0 Å². The van der Waals surface area contributed by atoms with Crippen LogP contribution in [0.4, 0.5) is 0 Å². The van der Waals surface area contributed by atoms with Crippen molar-refractivity contribution in [3.8, 4) is 5.75 Å². The summed E-state index contributed by atoms with van der Waals surface area (Å²) in [5.41, 5.74) is 7.76. The van der Waals surface area contributed by atoms with Crippen LogP contribution in [0.1, 0.15) is 43.6 Å². The summed E-state index contributed by atoms with van der Waals surface area (Å²) < 4.78 is 0. The summed E-state index contributed by atoms with van der Waals surface area (Å²) in [5, 5.41) is 9.25. The standard InChI is InChI=1S/C14H19NO/c15-14(8-10-2-1-3-10)9-13(14)11-4-6-12(16)7-5-11/h4-7,10,13,16H,1-3,8-9,15H2. The number of nitrogens with two attached hydrogens (primary N) is 1. The molecule has 1 aromatic carbocycles. The van der Waals surface area contributed by atoms with Gasteiger partial charge in [-0.05, 0) is 36.5 Å². The lowest BCUT2D eigenvalue weighted by molar-refractivity contribution is 0.267. The van der Waals surface area contributed by atoms with Gasteiger partial charge in [-0.1, -0.05) is 31.4 Å². The zero-order valence-electron chi connectivity index (χ0n) is 9.52. The third-order valence-corrected chi connectivity index (χ3v) is 4.31. The molecular formula is C14H19NO. The molecule has 2 nitrogen and oxygen atoms in total. The molecule has 0 bridgehead atoms. The van der Waals surface area contributed by atoms with Crippen LogP contribution in [0.15, 0.2) is 24.3 Å². The van der Waals surface area contributed by atoms with Crippen molar-refractivity contribution in [2.24, 2.45) is 11.7 Å². The first-order chi connectivity index (χ1) is 7.67. The van der Waals surface area contributed by atoms with Gasteiger partial charge in [0.05, 0.1) is 0 Å². The lowest BCUT2D eigenvalue weighted by atomic mass is 9.79. The van der Waals surface area contributed by atoms with Crippen LogP contribution in [-0.4, -0.2) is 10.6 Å². The molecule has 0 aromatic heterocycles. The van der Waals surface area contributed by atoms with Gasteiger partial charge in [0.2, 0.25) is 0 Å². The smallest absolute Gasteiger partial charge is 0.115 e. The number of benzene rings is 1. The van der Waals surface area contributed by atoms with E-state index in [2.05, 4.69) is 0 Å². The van der Waals surface area contributed by atoms with Crippen molar-refractivity contribution in [1.29, 1.82) is 0 Å². The largest absolute Gasteiger partial charge is 0.508 e. The fourth-order valence-corrected chi connectivity index (χ4v) is 2.94. The minimum absolute atomic E-state index is 0.0576. The van der Waals surface area contributed by atoms with Crippen molar-refractivity contribution in [2.45, 2.75) is 43.6 Å². The Morgan fingerprint density at radius 3 is 2.50 bits per heavy atom. The van der Waals surface area contributed by atoms with Crippen LogP contribution in [0.5, 0.6) is 5.75 Å². The average molecular weight is 217 g/mol. The number of aromatic hydroxyl groups is 1. The van der Waals surface area contributed by atoms with Crippen molar-refractivity contribution in [1.82, 2.24) is 0 Å². The molecule has 2 fully saturated rings. The monoisotopic (exact) mass is 217 g/mol. The molecule has 0 aliphatic heterocycles. The van der Waals surface area contributed by atoms with Crippen LogP contribution in [0, 0.1) is 5.92 Å². The molecule has 2 heteroatoms. The summed E-state index contributed by atoms with van der Waals surface area (Å²) in [4.78, 5) is 0. The number of rotatable bonds is 3. The van der Waals surface area contributed by atoms with Gasteiger partial charge >= 0.3 is 0 Å². The molecule has 3 N–H and O–H groups in total. The highest BCUT2D eigenvalue weighted by Crippen LogP contribution is 2.54. The highest BCUT2D eigenvalue weighted by molar-refractivity contribution is 5.36. The summed E-state index contributed by atoms with van der Waals surface area (Å²) in [7, 11) is 0. The Labute approximate surface area is 96.5 Å². The van der Waals surface area contributed by atoms with Crippen LogP contribution >= 0.6 is 0 Å². The summed E-state index contributed by atoms with van der Waals surface area (Å²) in [6.45, 7) is 0. The second-order valence-electron chi connectivity index (χ2n) is 5.58. The van der Waals surface area contributed by atoms with E-state index in [4.69, 9.17) is 5.73 Å².